The monoisotopic (exact) mass is 573 g/mol. The first-order valence-electron chi connectivity index (χ1n) is 12.7. The van der Waals surface area contributed by atoms with Gasteiger partial charge in [-0.3, -0.25) is 14.7 Å². The van der Waals surface area contributed by atoms with Crippen molar-refractivity contribution in [1.29, 1.82) is 0 Å². The summed E-state index contributed by atoms with van der Waals surface area (Å²) in [7, 11) is 3.63. The summed E-state index contributed by atoms with van der Waals surface area (Å²) in [6, 6.07) is 13.1. The Kier molecular flexibility index (Phi) is 7.72. The maximum atomic E-state index is 16.4. The van der Waals surface area contributed by atoms with Crippen molar-refractivity contribution < 1.29 is 23.8 Å². The highest BCUT2D eigenvalue weighted by Crippen LogP contribution is 2.49. The molecule has 5 rings (SSSR count). The molecule has 2 aliphatic heterocycles. The van der Waals surface area contributed by atoms with Crippen LogP contribution < -0.4 is 0 Å². The Labute approximate surface area is 237 Å². The van der Waals surface area contributed by atoms with Gasteiger partial charge in [-0.1, -0.05) is 35.3 Å². The van der Waals surface area contributed by atoms with E-state index in [1.807, 2.05) is 14.1 Å². The predicted octanol–water partition coefficient (Wildman–Crippen LogP) is 4.96. The van der Waals surface area contributed by atoms with Crippen LogP contribution in [0.2, 0.25) is 10.0 Å². The third kappa shape index (κ3) is 5.29. The number of fused-ring (bicyclic) bond motifs is 1. The molecule has 39 heavy (non-hydrogen) atoms. The molecular weight excluding hydrogens is 544 g/mol. The van der Waals surface area contributed by atoms with Crippen LogP contribution in [0.3, 0.4) is 0 Å². The molecule has 3 aromatic rings. The van der Waals surface area contributed by atoms with E-state index in [9.17, 15) is 9.90 Å². The number of halogens is 3. The van der Waals surface area contributed by atoms with E-state index >= 15 is 4.39 Å². The summed E-state index contributed by atoms with van der Waals surface area (Å²) in [5.41, 5.74) is -1.47. The fourth-order valence-corrected chi connectivity index (χ4v) is 5.66. The fourth-order valence-electron chi connectivity index (χ4n) is 5.42. The summed E-state index contributed by atoms with van der Waals surface area (Å²) in [5.74, 6) is -1.10. The number of nitrogens with zero attached hydrogens (tertiary/aromatic N) is 3. The van der Waals surface area contributed by atoms with Crippen LogP contribution in [-0.2, 0) is 27.3 Å². The number of ether oxygens (including phenoxy) is 2. The van der Waals surface area contributed by atoms with Gasteiger partial charge >= 0.3 is 0 Å². The molecule has 0 aliphatic carbocycles. The van der Waals surface area contributed by atoms with E-state index in [0.717, 1.165) is 0 Å². The van der Waals surface area contributed by atoms with Gasteiger partial charge in [0.1, 0.15) is 5.82 Å². The maximum absolute atomic E-state index is 16.4. The van der Waals surface area contributed by atoms with Gasteiger partial charge in [-0.2, -0.15) is 0 Å². The van der Waals surface area contributed by atoms with Crippen LogP contribution in [0.15, 0.2) is 54.7 Å². The molecule has 1 amide bonds. The van der Waals surface area contributed by atoms with Crippen molar-refractivity contribution in [2.45, 2.75) is 37.3 Å². The van der Waals surface area contributed by atoms with Crippen molar-refractivity contribution in [2.75, 3.05) is 33.9 Å². The van der Waals surface area contributed by atoms with Crippen molar-refractivity contribution in [3.05, 3.63) is 98.5 Å². The van der Waals surface area contributed by atoms with Gasteiger partial charge in [-0.05, 0) is 69.4 Å². The quantitative estimate of drug-likeness (QED) is 0.410. The molecular formula is C29H30Cl2FN3O4. The minimum Gasteiger partial charge on any atom is -0.384 e. The summed E-state index contributed by atoms with van der Waals surface area (Å²) in [5, 5.41) is 12.2. The number of rotatable bonds is 8. The molecule has 3 atom stereocenters. The average molecular weight is 574 g/mol. The smallest absolute Gasteiger partial charge is 0.257 e. The van der Waals surface area contributed by atoms with E-state index in [4.69, 9.17) is 32.7 Å². The van der Waals surface area contributed by atoms with Gasteiger partial charge in [0.25, 0.3) is 5.91 Å². The normalized spacial score (nSPS) is 22.4. The molecule has 0 spiro atoms. The first-order chi connectivity index (χ1) is 18.5. The highest BCUT2D eigenvalue weighted by molar-refractivity contribution is 6.30. The molecule has 1 unspecified atom stereocenters. The highest BCUT2D eigenvalue weighted by atomic mass is 35.5. The van der Waals surface area contributed by atoms with Crippen molar-refractivity contribution in [3.8, 4) is 0 Å². The SMILES string of the molecule is CN(C)CC(C)(O)c1cc(F)c2c(c1)C(=O)N(Cc1ccc(Cl)cn1)[C@@]2(O[C@H]1CCOC1)c1ccc(Cl)cc1. The number of aliphatic hydroxyl groups is 1. The molecule has 10 heteroatoms. The lowest BCUT2D eigenvalue weighted by Crippen LogP contribution is -2.49. The van der Waals surface area contributed by atoms with E-state index in [1.165, 1.54) is 17.2 Å². The number of hydrogen-bond donors (Lipinski definition) is 1. The van der Waals surface area contributed by atoms with Gasteiger partial charge in [0.15, 0.2) is 0 Å². The molecule has 3 heterocycles. The molecule has 0 bridgehead atoms. The lowest BCUT2D eigenvalue weighted by Gasteiger charge is -2.41. The topological polar surface area (TPSA) is 75.1 Å². The summed E-state index contributed by atoms with van der Waals surface area (Å²) in [6.07, 6.45) is 1.69. The molecule has 2 aromatic carbocycles. The van der Waals surface area contributed by atoms with Crippen molar-refractivity contribution >= 4 is 29.1 Å². The van der Waals surface area contributed by atoms with E-state index < -0.39 is 29.2 Å². The van der Waals surface area contributed by atoms with Crippen molar-refractivity contribution in [3.63, 3.8) is 0 Å². The lowest BCUT2D eigenvalue weighted by atomic mass is 9.87. The molecule has 1 fully saturated rings. The second-order valence-electron chi connectivity index (χ2n) is 10.5. The third-order valence-electron chi connectivity index (χ3n) is 7.10. The average Bonchev–Trinajstić information content (AvgIpc) is 3.46. The van der Waals surface area contributed by atoms with Gasteiger partial charge in [0.05, 0.1) is 46.7 Å². The van der Waals surface area contributed by atoms with Crippen LogP contribution in [0.25, 0.3) is 0 Å². The zero-order chi connectivity index (χ0) is 27.9. The van der Waals surface area contributed by atoms with Crippen LogP contribution in [0.1, 0.15) is 46.1 Å². The highest BCUT2D eigenvalue weighted by Gasteiger charge is 2.56. The molecule has 7 nitrogen and oxygen atoms in total. The first kappa shape index (κ1) is 28.0. The Balaban J connectivity index is 1.74. The van der Waals surface area contributed by atoms with E-state index in [-0.39, 0.29) is 24.2 Å². The Bertz CT molecular complexity index is 1360. The number of hydrogen-bond acceptors (Lipinski definition) is 6. The molecule has 1 saturated heterocycles. The number of pyridine rings is 1. The van der Waals surface area contributed by atoms with Crippen molar-refractivity contribution in [2.24, 2.45) is 0 Å². The van der Waals surface area contributed by atoms with Gasteiger partial charge in [-0.25, -0.2) is 4.39 Å². The maximum Gasteiger partial charge on any atom is 0.257 e. The summed E-state index contributed by atoms with van der Waals surface area (Å²) in [4.78, 5) is 21.9. The first-order valence-corrected chi connectivity index (χ1v) is 13.4. The summed E-state index contributed by atoms with van der Waals surface area (Å²) in [6.45, 7) is 2.65. The number of benzene rings is 2. The predicted molar refractivity (Wildman–Crippen MR) is 146 cm³/mol. The lowest BCUT2D eigenvalue weighted by molar-refractivity contribution is -0.148. The molecule has 1 aromatic heterocycles. The summed E-state index contributed by atoms with van der Waals surface area (Å²) >= 11 is 12.3. The molecule has 0 radical (unpaired) electrons. The minimum absolute atomic E-state index is 0.0176. The van der Waals surface area contributed by atoms with Crippen LogP contribution in [0.5, 0.6) is 0 Å². The zero-order valence-electron chi connectivity index (χ0n) is 22.0. The third-order valence-corrected chi connectivity index (χ3v) is 7.58. The number of carbonyl (C=O) groups is 1. The van der Waals surface area contributed by atoms with E-state index in [1.54, 1.807) is 54.3 Å². The molecule has 1 N–H and O–H groups in total. The minimum atomic E-state index is -1.63. The van der Waals surface area contributed by atoms with Gasteiger partial charge < -0.3 is 19.5 Å². The summed E-state index contributed by atoms with van der Waals surface area (Å²) < 4.78 is 28.7. The second-order valence-corrected chi connectivity index (χ2v) is 11.4. The molecule has 0 saturated carbocycles. The largest absolute Gasteiger partial charge is 0.384 e. The second kappa shape index (κ2) is 10.8. The van der Waals surface area contributed by atoms with Crippen LogP contribution >= 0.6 is 23.2 Å². The Morgan fingerprint density at radius 1 is 1.21 bits per heavy atom. The van der Waals surface area contributed by atoms with Gasteiger partial charge in [0.2, 0.25) is 5.72 Å². The standard InChI is InChI=1S/C29H30Cl2FN3O4/c1-28(37,17-34(2)3)19-12-24-26(25(32)13-19)29(39-23-10-11-38-16-23,18-4-6-20(30)7-5-18)35(27(24)36)15-22-9-8-21(31)14-33-22/h4-9,12-14,23,37H,10-11,15-17H2,1-3H3/t23-,28?,29+/m0/s1. The van der Waals surface area contributed by atoms with Gasteiger partial charge in [-0.15, -0.1) is 0 Å². The fraction of sp³-hybridized carbons (Fsp3) is 0.379. The van der Waals surface area contributed by atoms with Gasteiger partial charge in [0, 0.05) is 29.9 Å². The number of amides is 1. The number of aromatic nitrogens is 1. The van der Waals surface area contributed by atoms with E-state index in [2.05, 4.69) is 4.98 Å². The van der Waals surface area contributed by atoms with Crippen molar-refractivity contribution in [1.82, 2.24) is 14.8 Å². The van der Waals surface area contributed by atoms with Crippen LogP contribution in [0, 0.1) is 5.82 Å². The Morgan fingerprint density at radius 3 is 2.54 bits per heavy atom. The van der Waals surface area contributed by atoms with Crippen LogP contribution in [-0.4, -0.2) is 65.8 Å². The Hall–Kier alpha value is -2.59. The van der Waals surface area contributed by atoms with E-state index in [0.29, 0.717) is 46.5 Å². The number of carbonyl (C=O) groups excluding carboxylic acids is 1. The number of likely N-dealkylation sites (N-methyl/N-ethyl adjacent to an activating group) is 1. The van der Waals surface area contributed by atoms with Crippen LogP contribution in [0.4, 0.5) is 4.39 Å². The molecule has 2 aliphatic rings. The Morgan fingerprint density at radius 2 is 1.92 bits per heavy atom. The zero-order valence-corrected chi connectivity index (χ0v) is 23.5. The molecule has 206 valence electrons.